The largest absolute Gasteiger partial charge is 0.496 e. The summed E-state index contributed by atoms with van der Waals surface area (Å²) >= 11 is 0. The molecule has 2 aromatic rings. The summed E-state index contributed by atoms with van der Waals surface area (Å²) in [5.74, 6) is 0.608. The number of methoxy groups -OCH3 is 1. The lowest BCUT2D eigenvalue weighted by atomic mass is 10.1. The number of benzene rings is 1. The zero-order valence-electron chi connectivity index (χ0n) is 11.8. The first-order valence-electron chi connectivity index (χ1n) is 6.37. The van der Waals surface area contributed by atoms with E-state index in [1.165, 1.54) is 10.8 Å². The molecule has 106 valence electrons. The molecule has 1 aromatic carbocycles. The zero-order chi connectivity index (χ0) is 14.7. The van der Waals surface area contributed by atoms with Gasteiger partial charge in [0.05, 0.1) is 13.7 Å². The van der Waals surface area contributed by atoms with Gasteiger partial charge in [0.15, 0.2) is 0 Å². The van der Waals surface area contributed by atoms with Gasteiger partial charge in [0.25, 0.3) is 0 Å². The lowest BCUT2D eigenvalue weighted by molar-refractivity contribution is 0.150. The van der Waals surface area contributed by atoms with E-state index in [0.29, 0.717) is 11.3 Å². The van der Waals surface area contributed by atoms with Crippen molar-refractivity contribution in [2.45, 2.75) is 26.5 Å². The second-order valence-electron chi connectivity index (χ2n) is 4.83. The Labute approximate surface area is 117 Å². The van der Waals surface area contributed by atoms with Gasteiger partial charge in [-0.25, -0.2) is 9.78 Å². The molecule has 0 bridgehead atoms. The number of rotatable bonds is 4. The molecular weight excluding hydrogens is 256 g/mol. The Balaban J connectivity index is 2.32. The molecule has 0 saturated carbocycles. The molecule has 0 fully saturated rings. The minimum absolute atomic E-state index is 0.146. The quantitative estimate of drug-likeness (QED) is 0.919. The average molecular weight is 274 g/mol. The van der Waals surface area contributed by atoms with Crippen LogP contribution in [0.4, 0.5) is 0 Å². The molecule has 0 amide bonds. The lowest BCUT2D eigenvalue weighted by Crippen LogP contribution is -2.25. The Hall–Kier alpha value is -2.14. The second-order valence-corrected chi connectivity index (χ2v) is 4.83. The van der Waals surface area contributed by atoms with E-state index in [4.69, 9.17) is 4.74 Å². The number of aliphatic hydroxyl groups excluding tert-OH is 1. The van der Waals surface area contributed by atoms with Crippen molar-refractivity contribution in [3.63, 3.8) is 0 Å². The summed E-state index contributed by atoms with van der Waals surface area (Å²) in [6.07, 6.45) is 2.37. The van der Waals surface area contributed by atoms with Crippen LogP contribution in [-0.4, -0.2) is 21.8 Å². The summed E-state index contributed by atoms with van der Waals surface area (Å²) < 4.78 is 6.65. The number of aryl methyl sites for hydroxylation is 2. The van der Waals surface area contributed by atoms with Crippen LogP contribution in [-0.2, 0) is 6.54 Å². The van der Waals surface area contributed by atoms with Gasteiger partial charge in [0, 0.05) is 18.0 Å². The molecule has 1 atom stereocenters. The maximum atomic E-state index is 11.7. The van der Waals surface area contributed by atoms with E-state index < -0.39 is 6.10 Å². The van der Waals surface area contributed by atoms with E-state index in [0.717, 1.165) is 11.1 Å². The summed E-state index contributed by atoms with van der Waals surface area (Å²) in [5.41, 5.74) is 2.18. The molecule has 0 radical (unpaired) electrons. The first-order valence-corrected chi connectivity index (χ1v) is 6.37. The van der Waals surface area contributed by atoms with Gasteiger partial charge in [0.2, 0.25) is 0 Å². The maximum Gasteiger partial charge on any atom is 0.347 e. The number of hydrogen-bond acceptors (Lipinski definition) is 4. The van der Waals surface area contributed by atoms with Crippen molar-refractivity contribution in [3.8, 4) is 5.75 Å². The predicted molar refractivity (Wildman–Crippen MR) is 75.9 cm³/mol. The monoisotopic (exact) mass is 274 g/mol. The van der Waals surface area contributed by atoms with Gasteiger partial charge in [-0.15, -0.1) is 0 Å². The molecule has 5 heteroatoms. The van der Waals surface area contributed by atoms with Crippen molar-refractivity contribution in [1.29, 1.82) is 0 Å². The fourth-order valence-electron chi connectivity index (χ4n) is 2.10. The van der Waals surface area contributed by atoms with Gasteiger partial charge in [-0.3, -0.25) is 4.57 Å². The van der Waals surface area contributed by atoms with Crippen LogP contribution >= 0.6 is 0 Å². The molecule has 1 aromatic heterocycles. The van der Waals surface area contributed by atoms with Crippen LogP contribution in [0.15, 0.2) is 35.4 Å². The van der Waals surface area contributed by atoms with Crippen LogP contribution in [0.25, 0.3) is 0 Å². The molecule has 0 aliphatic carbocycles. The Bertz CT molecular complexity index is 664. The minimum atomic E-state index is -0.828. The topological polar surface area (TPSA) is 64.3 Å². The predicted octanol–water partition coefficient (Wildman–Crippen LogP) is 1.60. The Morgan fingerprint density at radius 2 is 2.10 bits per heavy atom. The average Bonchev–Trinajstić information content (AvgIpc) is 2.42. The van der Waals surface area contributed by atoms with Gasteiger partial charge in [-0.2, -0.15) is 0 Å². The second kappa shape index (κ2) is 5.88. The van der Waals surface area contributed by atoms with Crippen molar-refractivity contribution >= 4 is 0 Å². The third-order valence-corrected chi connectivity index (χ3v) is 3.10. The number of hydrogen-bond donors (Lipinski definition) is 1. The van der Waals surface area contributed by atoms with Crippen LogP contribution in [0.3, 0.4) is 0 Å². The van der Waals surface area contributed by atoms with Crippen molar-refractivity contribution in [1.82, 2.24) is 9.55 Å². The van der Waals surface area contributed by atoms with Crippen LogP contribution in [0.5, 0.6) is 5.75 Å². The van der Waals surface area contributed by atoms with Crippen LogP contribution in [0.2, 0.25) is 0 Å². The van der Waals surface area contributed by atoms with Gasteiger partial charge in [-0.05, 0) is 31.5 Å². The molecule has 1 heterocycles. The molecule has 0 aliphatic heterocycles. The van der Waals surface area contributed by atoms with E-state index in [2.05, 4.69) is 4.98 Å². The number of aromatic nitrogens is 2. The van der Waals surface area contributed by atoms with Crippen molar-refractivity contribution < 1.29 is 9.84 Å². The normalized spacial score (nSPS) is 12.2. The van der Waals surface area contributed by atoms with E-state index in [1.807, 2.05) is 32.0 Å². The molecule has 1 N–H and O–H groups in total. The Morgan fingerprint density at radius 3 is 2.80 bits per heavy atom. The summed E-state index contributed by atoms with van der Waals surface area (Å²) in [6.45, 7) is 3.94. The summed E-state index contributed by atoms with van der Waals surface area (Å²) in [5, 5.41) is 10.4. The number of aliphatic hydroxyl groups is 1. The van der Waals surface area contributed by atoms with Crippen LogP contribution < -0.4 is 10.4 Å². The molecule has 0 spiro atoms. The molecule has 5 nitrogen and oxygen atoms in total. The van der Waals surface area contributed by atoms with E-state index in [1.54, 1.807) is 13.3 Å². The van der Waals surface area contributed by atoms with E-state index in [9.17, 15) is 9.90 Å². The summed E-state index contributed by atoms with van der Waals surface area (Å²) in [6, 6.07) is 5.58. The summed E-state index contributed by atoms with van der Waals surface area (Å²) in [4.78, 5) is 15.4. The summed E-state index contributed by atoms with van der Waals surface area (Å²) in [7, 11) is 1.56. The Morgan fingerprint density at radius 1 is 1.35 bits per heavy atom. The fourth-order valence-corrected chi connectivity index (χ4v) is 2.10. The molecule has 1 unspecified atom stereocenters. The Kier molecular flexibility index (Phi) is 4.20. The highest BCUT2D eigenvalue weighted by Crippen LogP contribution is 2.27. The molecular formula is C15H18N2O3. The molecule has 20 heavy (non-hydrogen) atoms. The zero-order valence-corrected chi connectivity index (χ0v) is 11.8. The smallest absolute Gasteiger partial charge is 0.347 e. The highest BCUT2D eigenvalue weighted by molar-refractivity contribution is 5.38. The lowest BCUT2D eigenvalue weighted by Gasteiger charge is -2.16. The highest BCUT2D eigenvalue weighted by atomic mass is 16.5. The van der Waals surface area contributed by atoms with Gasteiger partial charge >= 0.3 is 5.69 Å². The third-order valence-electron chi connectivity index (χ3n) is 3.10. The van der Waals surface area contributed by atoms with Crippen LogP contribution in [0.1, 0.15) is 22.8 Å². The molecule has 2 rings (SSSR count). The SMILES string of the molecule is COc1ccc(C)cc1C(O)Cn1cc(C)cnc1=O. The van der Waals surface area contributed by atoms with E-state index in [-0.39, 0.29) is 12.2 Å². The highest BCUT2D eigenvalue weighted by Gasteiger charge is 2.15. The van der Waals surface area contributed by atoms with Gasteiger partial charge in [-0.1, -0.05) is 11.6 Å². The fraction of sp³-hybridized carbons (Fsp3) is 0.333. The van der Waals surface area contributed by atoms with Crippen molar-refractivity contribution in [3.05, 3.63) is 57.8 Å². The molecule has 0 aliphatic rings. The molecule has 0 saturated heterocycles. The third kappa shape index (κ3) is 3.05. The van der Waals surface area contributed by atoms with Crippen molar-refractivity contribution in [2.24, 2.45) is 0 Å². The first kappa shape index (κ1) is 14.3. The van der Waals surface area contributed by atoms with E-state index >= 15 is 0 Å². The van der Waals surface area contributed by atoms with Crippen LogP contribution in [0, 0.1) is 13.8 Å². The maximum absolute atomic E-state index is 11.7. The standard InChI is InChI=1S/C15H18N2O3/c1-10-4-5-14(20-3)12(6-10)13(18)9-17-8-11(2)7-16-15(17)19/h4-8,13,18H,9H2,1-3H3. The number of ether oxygens (including phenoxy) is 1. The minimum Gasteiger partial charge on any atom is -0.496 e. The van der Waals surface area contributed by atoms with Crippen molar-refractivity contribution in [2.75, 3.05) is 7.11 Å². The number of nitrogens with zero attached hydrogens (tertiary/aromatic N) is 2. The first-order chi connectivity index (χ1) is 9.51. The van der Waals surface area contributed by atoms with Gasteiger partial charge in [0.1, 0.15) is 11.9 Å². The van der Waals surface area contributed by atoms with Gasteiger partial charge < -0.3 is 9.84 Å².